The highest BCUT2D eigenvalue weighted by atomic mass is 16.3. The second-order valence-electron chi connectivity index (χ2n) is 18.1. The summed E-state index contributed by atoms with van der Waals surface area (Å²) in [6, 6.07) is 16.2. The molecule has 4 rings (SSSR count). The van der Waals surface area contributed by atoms with E-state index in [1.54, 1.807) is 12.1 Å². The first kappa shape index (κ1) is 48.0. The van der Waals surface area contributed by atoms with Gasteiger partial charge in [-0.15, -0.1) is 0 Å². The van der Waals surface area contributed by atoms with Gasteiger partial charge in [0.25, 0.3) is 0 Å². The highest BCUT2D eigenvalue weighted by molar-refractivity contribution is 5.74. The van der Waals surface area contributed by atoms with Crippen molar-refractivity contribution in [3.05, 3.63) is 83.1 Å². The largest absolute Gasteiger partial charge is 0.508 e. The van der Waals surface area contributed by atoms with E-state index in [0.717, 1.165) is 38.5 Å². The van der Waals surface area contributed by atoms with Crippen LogP contribution in [0, 0.1) is 21.7 Å². The summed E-state index contributed by atoms with van der Waals surface area (Å²) in [6.07, 6.45) is 16.5. The van der Waals surface area contributed by atoms with Crippen molar-refractivity contribution in [2.45, 2.75) is 156 Å². The summed E-state index contributed by atoms with van der Waals surface area (Å²) in [7, 11) is 0. The molecule has 0 bridgehead atoms. The van der Waals surface area contributed by atoms with Crippen LogP contribution in [0.4, 0.5) is 0 Å². The van der Waals surface area contributed by atoms with E-state index in [1.165, 1.54) is 47.2 Å². The quantitative estimate of drug-likeness (QED) is 0.155. The van der Waals surface area contributed by atoms with Gasteiger partial charge in [-0.25, -0.2) is 0 Å². The molecule has 2 aromatic rings. The van der Waals surface area contributed by atoms with Gasteiger partial charge in [0.05, 0.1) is 0 Å². The number of allylic oxidation sites excluding steroid dienone is 4. The Bertz CT molecular complexity index is 1300. The van der Waals surface area contributed by atoms with E-state index in [-0.39, 0.29) is 14.9 Å². The van der Waals surface area contributed by atoms with Crippen LogP contribution in [0.2, 0.25) is 0 Å². The second-order valence-corrected chi connectivity index (χ2v) is 18.1. The van der Waals surface area contributed by atoms with E-state index >= 15 is 0 Å². The van der Waals surface area contributed by atoms with Crippen molar-refractivity contribution < 1.29 is 10.5 Å². The van der Waals surface area contributed by atoms with Crippen molar-refractivity contribution in [3.8, 4) is 5.75 Å². The lowest BCUT2D eigenvalue weighted by molar-refractivity contribution is -0.118. The fourth-order valence-corrected chi connectivity index (χ4v) is 5.38. The van der Waals surface area contributed by atoms with E-state index in [2.05, 4.69) is 124 Å². The van der Waals surface area contributed by atoms with E-state index in [9.17, 15) is 0 Å². The summed E-state index contributed by atoms with van der Waals surface area (Å²) < 4.78 is 0. The summed E-state index contributed by atoms with van der Waals surface area (Å²) in [6.45, 7) is 27.0. The molecule has 0 spiro atoms. The predicted octanol–water partition coefficient (Wildman–Crippen LogP) is 11.8. The number of nitrogens with zero attached hydrogens (tertiary/aromatic N) is 1. The zero-order valence-electron chi connectivity index (χ0n) is 32.3. The third kappa shape index (κ3) is 25.5. The van der Waals surface area contributed by atoms with Crippen molar-refractivity contribution in [1.82, 2.24) is 0 Å². The summed E-state index contributed by atoms with van der Waals surface area (Å²) in [5, 5.41) is 14.4. The summed E-state index contributed by atoms with van der Waals surface area (Å²) in [5.74, 6) is 0.909. The van der Waals surface area contributed by atoms with Gasteiger partial charge in [0.1, 0.15) is 5.75 Å². The van der Waals surface area contributed by atoms with Gasteiger partial charge >= 0.3 is 0 Å². The lowest BCUT2D eigenvalue weighted by Crippen LogP contribution is -2.45. The minimum Gasteiger partial charge on any atom is -0.508 e. The summed E-state index contributed by atoms with van der Waals surface area (Å²) in [5.41, 5.74) is 13.9. The Hall–Kier alpha value is -3.14. The first-order valence-corrected chi connectivity index (χ1v) is 17.7. The molecule has 5 N–H and O–H groups in total. The SMILES string of the molecule is C.C.CC(C)(C)CC1=CCC=N1.CC(C)(C)CC1=CCc2ccccc21.CC(C)(C)CCCCC(N)=[NH2+].CC(C)(C)Cc1ccc(O)cc1. The molecule has 1 heterocycles. The van der Waals surface area contributed by atoms with E-state index < -0.39 is 0 Å². The van der Waals surface area contributed by atoms with Gasteiger partial charge in [0, 0.05) is 24.8 Å². The van der Waals surface area contributed by atoms with Crippen molar-refractivity contribution in [2.75, 3.05) is 0 Å². The third-order valence-electron chi connectivity index (χ3n) is 7.39. The van der Waals surface area contributed by atoms with Crippen LogP contribution in [-0.4, -0.2) is 17.2 Å². The number of hydrogen-bond acceptors (Lipinski definition) is 2. The zero-order chi connectivity index (χ0) is 35.9. The van der Waals surface area contributed by atoms with Crippen LogP contribution in [0.1, 0.15) is 160 Å². The number of aliphatic imine (C=N–C) groups is 1. The van der Waals surface area contributed by atoms with E-state index in [1.807, 2.05) is 18.3 Å². The average Bonchev–Trinajstić information content (AvgIpc) is 3.56. The van der Waals surface area contributed by atoms with E-state index in [0.29, 0.717) is 33.2 Å². The average molecular weight is 677 g/mol. The molecule has 0 amide bonds. The molecule has 2 aromatic carbocycles. The first-order chi connectivity index (χ1) is 21.5. The van der Waals surface area contributed by atoms with Crippen LogP contribution in [-0.2, 0) is 12.8 Å². The number of phenolic OH excluding ortho intramolecular Hbond substituents is 1. The predicted molar refractivity (Wildman–Crippen MR) is 221 cm³/mol. The molecular formula is C45H78N3O+. The molecule has 4 heteroatoms. The number of rotatable bonds is 7. The molecule has 0 saturated heterocycles. The van der Waals surface area contributed by atoms with Crippen LogP contribution < -0.4 is 11.1 Å². The Kier molecular flexibility index (Phi) is 21.4. The summed E-state index contributed by atoms with van der Waals surface area (Å²) in [4.78, 5) is 4.26. The first-order valence-electron chi connectivity index (χ1n) is 17.7. The lowest BCUT2D eigenvalue weighted by Gasteiger charge is -2.19. The topological polar surface area (TPSA) is 84.2 Å². The maximum Gasteiger partial charge on any atom is 0.238 e. The molecule has 0 radical (unpaired) electrons. The zero-order valence-corrected chi connectivity index (χ0v) is 32.3. The van der Waals surface area contributed by atoms with Gasteiger partial charge in [0.2, 0.25) is 5.84 Å². The smallest absolute Gasteiger partial charge is 0.238 e. The van der Waals surface area contributed by atoms with Crippen LogP contribution >= 0.6 is 0 Å². The number of phenols is 1. The molecule has 0 saturated carbocycles. The Morgan fingerprint density at radius 1 is 0.714 bits per heavy atom. The van der Waals surface area contributed by atoms with Crippen molar-refractivity contribution in [1.29, 1.82) is 0 Å². The normalized spacial score (nSPS) is 13.4. The molecule has 278 valence electrons. The molecule has 0 fully saturated rings. The minimum absolute atomic E-state index is 0. The van der Waals surface area contributed by atoms with Gasteiger partial charge in [-0.05, 0) is 94.6 Å². The number of hydrogen-bond donors (Lipinski definition) is 3. The van der Waals surface area contributed by atoms with Gasteiger partial charge in [-0.3, -0.25) is 16.1 Å². The number of nitrogens with two attached hydrogens (primary N) is 2. The second kappa shape index (κ2) is 21.8. The lowest BCUT2D eigenvalue weighted by atomic mass is 9.86. The van der Waals surface area contributed by atoms with Crippen molar-refractivity contribution >= 4 is 17.6 Å². The highest BCUT2D eigenvalue weighted by Gasteiger charge is 2.19. The maximum atomic E-state index is 9.05. The van der Waals surface area contributed by atoms with Crippen LogP contribution in [0.25, 0.3) is 5.57 Å². The van der Waals surface area contributed by atoms with Crippen molar-refractivity contribution in [3.63, 3.8) is 0 Å². The van der Waals surface area contributed by atoms with Gasteiger partial charge in [-0.2, -0.15) is 0 Å². The monoisotopic (exact) mass is 677 g/mol. The number of unbranched alkanes of at least 4 members (excludes halogenated alkanes) is 1. The molecule has 1 aliphatic carbocycles. The standard InChI is InChI=1S/C14H18.C11H16O.C9H20N2.C9H15N.2CH4/c1-14(2,3)10-12-9-8-11-6-4-5-7-13(11)12;1-11(2,3)8-9-4-6-10(12)7-5-9;1-9(2,3)7-5-4-6-8(10)11;1-9(2,3)7-8-5-4-6-10-8;;/h4-7,9H,8,10H2,1-3H3;4-7,12H,8H2,1-3H3;4-7H2,1-3H3,(H3,10,11);5-6H,4,7H2,1-3H3;2*1H4/p+1. The Morgan fingerprint density at radius 3 is 1.73 bits per heavy atom. The number of amidine groups is 1. The van der Waals surface area contributed by atoms with Gasteiger partial charge in [0.15, 0.2) is 0 Å². The van der Waals surface area contributed by atoms with Crippen molar-refractivity contribution in [2.24, 2.45) is 32.4 Å². The molecule has 1 aliphatic heterocycles. The number of aromatic hydroxyl groups is 1. The molecule has 0 unspecified atom stereocenters. The molecule has 0 atom stereocenters. The Balaban J connectivity index is 0. The van der Waals surface area contributed by atoms with Gasteiger partial charge < -0.3 is 5.11 Å². The van der Waals surface area contributed by atoms with Crippen LogP contribution in [0.5, 0.6) is 5.75 Å². The van der Waals surface area contributed by atoms with E-state index in [4.69, 9.17) is 16.2 Å². The van der Waals surface area contributed by atoms with Crippen LogP contribution in [0.3, 0.4) is 0 Å². The maximum absolute atomic E-state index is 9.05. The molecular weight excluding hydrogens is 599 g/mol. The minimum atomic E-state index is 0. The Labute approximate surface area is 304 Å². The molecule has 0 aromatic heterocycles. The third-order valence-corrected chi connectivity index (χ3v) is 7.39. The number of fused-ring (bicyclic) bond motifs is 1. The number of benzene rings is 2. The molecule has 4 nitrogen and oxygen atoms in total. The summed E-state index contributed by atoms with van der Waals surface area (Å²) >= 11 is 0. The highest BCUT2D eigenvalue weighted by Crippen LogP contribution is 2.36. The Morgan fingerprint density at radius 2 is 1.27 bits per heavy atom. The van der Waals surface area contributed by atoms with Crippen LogP contribution in [0.15, 0.2) is 71.4 Å². The van der Waals surface area contributed by atoms with Gasteiger partial charge in [-0.1, -0.05) is 153 Å². The molecule has 49 heavy (non-hydrogen) atoms. The molecule has 2 aliphatic rings. The fraction of sp³-hybridized carbons (Fsp3) is 0.600. The fourth-order valence-electron chi connectivity index (χ4n) is 5.38.